The molecule has 0 atom stereocenters. The van der Waals surface area contributed by atoms with Crippen LogP contribution in [0, 0.1) is 10.1 Å². The number of nitro groups is 1. The predicted octanol–water partition coefficient (Wildman–Crippen LogP) is 3.40. The largest absolute Gasteiger partial charge is 0.351 e. The van der Waals surface area contributed by atoms with Crippen molar-refractivity contribution in [3.63, 3.8) is 0 Å². The van der Waals surface area contributed by atoms with E-state index in [1.54, 1.807) is 0 Å². The second kappa shape index (κ2) is 8.98. The maximum atomic E-state index is 12.1. The van der Waals surface area contributed by atoms with Crippen LogP contribution >= 0.6 is 15.9 Å². The number of nitro benzene ring substituents is 1. The van der Waals surface area contributed by atoms with Gasteiger partial charge in [0.15, 0.2) is 0 Å². The van der Waals surface area contributed by atoms with Crippen LogP contribution in [0.2, 0.25) is 0 Å². The number of hydrogen-bond acceptors (Lipinski definition) is 4. The lowest BCUT2D eigenvalue weighted by Crippen LogP contribution is -2.37. The summed E-state index contributed by atoms with van der Waals surface area (Å²) in [5.41, 5.74) is 0.369. The van der Waals surface area contributed by atoms with Crippen molar-refractivity contribution in [2.45, 2.75) is 44.6 Å². The van der Waals surface area contributed by atoms with Gasteiger partial charge in [0.1, 0.15) is 0 Å². The summed E-state index contributed by atoms with van der Waals surface area (Å²) in [5.74, 6) is -0.227. The van der Waals surface area contributed by atoms with Gasteiger partial charge in [-0.05, 0) is 34.8 Å². The van der Waals surface area contributed by atoms with E-state index >= 15 is 0 Å². The van der Waals surface area contributed by atoms with Crippen molar-refractivity contribution >= 4 is 27.5 Å². The fourth-order valence-electron chi connectivity index (χ4n) is 2.83. The standard InChI is InChI=1S/C16H22BrN3O3/c17-15-11-13(20(22)23)7-8-14(15)16(21)19-10-9-18-12-5-3-1-2-4-6-12/h7-8,11-12,18H,1-6,9-10H2,(H,19,21). The van der Waals surface area contributed by atoms with Crippen molar-refractivity contribution in [1.82, 2.24) is 10.6 Å². The van der Waals surface area contributed by atoms with Crippen LogP contribution < -0.4 is 10.6 Å². The lowest BCUT2D eigenvalue weighted by atomic mass is 10.1. The maximum Gasteiger partial charge on any atom is 0.270 e. The SMILES string of the molecule is O=C(NCCNC1CCCCCC1)c1ccc([N+](=O)[O-])cc1Br. The highest BCUT2D eigenvalue weighted by Crippen LogP contribution is 2.22. The van der Waals surface area contributed by atoms with Crippen LogP contribution in [0.15, 0.2) is 22.7 Å². The molecule has 0 bridgehead atoms. The maximum absolute atomic E-state index is 12.1. The third-order valence-corrected chi connectivity index (χ3v) is 4.76. The van der Waals surface area contributed by atoms with Gasteiger partial charge in [0, 0.05) is 35.7 Å². The monoisotopic (exact) mass is 383 g/mol. The fourth-order valence-corrected chi connectivity index (χ4v) is 3.38. The van der Waals surface area contributed by atoms with Gasteiger partial charge in [-0.25, -0.2) is 0 Å². The quantitative estimate of drug-likeness (QED) is 0.341. The van der Waals surface area contributed by atoms with Crippen LogP contribution in [-0.2, 0) is 0 Å². The Kier molecular flexibility index (Phi) is 6.98. The van der Waals surface area contributed by atoms with Crippen LogP contribution in [0.5, 0.6) is 0 Å². The van der Waals surface area contributed by atoms with Crippen molar-refractivity contribution in [2.24, 2.45) is 0 Å². The van der Waals surface area contributed by atoms with E-state index < -0.39 is 4.92 Å². The number of rotatable bonds is 6. The van der Waals surface area contributed by atoms with Gasteiger partial charge in [0.2, 0.25) is 0 Å². The summed E-state index contributed by atoms with van der Waals surface area (Å²) >= 11 is 3.22. The molecule has 0 spiro atoms. The van der Waals surface area contributed by atoms with Crippen LogP contribution in [0.3, 0.4) is 0 Å². The molecule has 1 aromatic rings. The summed E-state index contributed by atoms with van der Waals surface area (Å²) in [5, 5.41) is 17.0. The molecule has 0 aromatic heterocycles. The molecule has 1 fully saturated rings. The van der Waals surface area contributed by atoms with Gasteiger partial charge < -0.3 is 10.6 Å². The van der Waals surface area contributed by atoms with E-state index in [1.165, 1.54) is 56.7 Å². The molecule has 0 heterocycles. The number of nitrogens with zero attached hydrogens (tertiary/aromatic N) is 1. The Morgan fingerprint density at radius 3 is 2.52 bits per heavy atom. The number of nitrogens with one attached hydrogen (secondary N) is 2. The number of non-ortho nitro benzene ring substituents is 1. The van der Waals surface area contributed by atoms with E-state index in [0.717, 1.165) is 6.54 Å². The van der Waals surface area contributed by atoms with Gasteiger partial charge in [0.05, 0.1) is 10.5 Å². The molecule has 126 valence electrons. The fraction of sp³-hybridized carbons (Fsp3) is 0.562. The summed E-state index contributed by atoms with van der Waals surface area (Å²) in [7, 11) is 0. The Morgan fingerprint density at radius 2 is 1.91 bits per heavy atom. The van der Waals surface area contributed by atoms with Crippen molar-refractivity contribution in [3.8, 4) is 0 Å². The van der Waals surface area contributed by atoms with Crippen molar-refractivity contribution in [3.05, 3.63) is 38.3 Å². The molecule has 1 aliphatic rings. The summed E-state index contributed by atoms with van der Waals surface area (Å²) in [6.07, 6.45) is 7.62. The smallest absolute Gasteiger partial charge is 0.270 e. The average Bonchev–Trinajstić information content (AvgIpc) is 2.80. The molecule has 0 saturated heterocycles. The molecule has 2 rings (SSSR count). The summed E-state index contributed by atoms with van der Waals surface area (Å²) in [6.45, 7) is 1.28. The molecule has 0 radical (unpaired) electrons. The van der Waals surface area contributed by atoms with Crippen LogP contribution in [0.25, 0.3) is 0 Å². The number of carbonyl (C=O) groups excluding carboxylic acids is 1. The highest BCUT2D eigenvalue weighted by atomic mass is 79.9. The molecule has 6 nitrogen and oxygen atoms in total. The van der Waals surface area contributed by atoms with E-state index in [9.17, 15) is 14.9 Å². The van der Waals surface area contributed by atoms with Crippen molar-refractivity contribution in [2.75, 3.05) is 13.1 Å². The first-order valence-corrected chi connectivity index (χ1v) is 8.83. The Labute approximate surface area is 144 Å². The van der Waals surface area contributed by atoms with Gasteiger partial charge in [0.25, 0.3) is 11.6 Å². The lowest BCUT2D eigenvalue weighted by Gasteiger charge is -2.16. The number of halogens is 1. The third-order valence-electron chi connectivity index (χ3n) is 4.11. The zero-order chi connectivity index (χ0) is 16.7. The van der Waals surface area contributed by atoms with Crippen LogP contribution in [-0.4, -0.2) is 30.0 Å². The topological polar surface area (TPSA) is 84.3 Å². The number of carbonyl (C=O) groups is 1. The molecular weight excluding hydrogens is 362 g/mol. The van der Waals surface area contributed by atoms with Crippen LogP contribution in [0.1, 0.15) is 48.9 Å². The predicted molar refractivity (Wildman–Crippen MR) is 92.6 cm³/mol. The normalized spacial score (nSPS) is 15.9. The van der Waals surface area contributed by atoms with Crippen molar-refractivity contribution < 1.29 is 9.72 Å². The highest BCUT2D eigenvalue weighted by Gasteiger charge is 2.15. The minimum absolute atomic E-state index is 0.0385. The molecule has 1 aliphatic carbocycles. The molecule has 23 heavy (non-hydrogen) atoms. The minimum atomic E-state index is -0.483. The first kappa shape index (κ1) is 17.9. The Bertz CT molecular complexity index is 558. The van der Waals surface area contributed by atoms with E-state index in [4.69, 9.17) is 0 Å². The lowest BCUT2D eigenvalue weighted by molar-refractivity contribution is -0.384. The second-order valence-corrected chi connectivity index (χ2v) is 6.67. The van der Waals surface area contributed by atoms with E-state index in [-0.39, 0.29) is 11.6 Å². The Balaban J connectivity index is 1.77. The summed E-state index contributed by atoms with van der Waals surface area (Å²) in [4.78, 5) is 22.3. The van der Waals surface area contributed by atoms with Gasteiger partial charge in [-0.2, -0.15) is 0 Å². The number of benzene rings is 1. The molecule has 0 aliphatic heterocycles. The number of hydrogen-bond donors (Lipinski definition) is 2. The minimum Gasteiger partial charge on any atom is -0.351 e. The molecule has 1 amide bonds. The van der Waals surface area contributed by atoms with E-state index in [1.807, 2.05) is 0 Å². The van der Waals surface area contributed by atoms with Gasteiger partial charge in [-0.3, -0.25) is 14.9 Å². The summed E-state index contributed by atoms with van der Waals surface area (Å²) in [6, 6.07) is 4.71. The second-order valence-electron chi connectivity index (χ2n) is 5.82. The molecule has 2 N–H and O–H groups in total. The van der Waals surface area contributed by atoms with E-state index in [0.29, 0.717) is 22.6 Å². The first-order chi connectivity index (χ1) is 11.1. The molecular formula is C16H22BrN3O3. The molecule has 1 saturated carbocycles. The first-order valence-electron chi connectivity index (χ1n) is 8.03. The van der Waals surface area contributed by atoms with Gasteiger partial charge in [-0.15, -0.1) is 0 Å². The molecule has 0 unspecified atom stereocenters. The molecule has 1 aromatic carbocycles. The van der Waals surface area contributed by atoms with Gasteiger partial charge in [-0.1, -0.05) is 25.7 Å². The average molecular weight is 384 g/mol. The van der Waals surface area contributed by atoms with Crippen LogP contribution in [0.4, 0.5) is 5.69 Å². The third kappa shape index (κ3) is 5.58. The zero-order valence-electron chi connectivity index (χ0n) is 13.0. The van der Waals surface area contributed by atoms with Crippen molar-refractivity contribution in [1.29, 1.82) is 0 Å². The highest BCUT2D eigenvalue weighted by molar-refractivity contribution is 9.10. The number of amides is 1. The Hall–Kier alpha value is -1.47. The van der Waals surface area contributed by atoms with Gasteiger partial charge >= 0.3 is 0 Å². The summed E-state index contributed by atoms with van der Waals surface area (Å²) < 4.78 is 0.431. The zero-order valence-corrected chi connectivity index (χ0v) is 14.6. The molecule has 7 heteroatoms. The van der Waals surface area contributed by atoms with E-state index in [2.05, 4.69) is 26.6 Å². The Morgan fingerprint density at radius 1 is 1.22 bits per heavy atom.